The Bertz CT molecular complexity index is 1020. The van der Waals surface area contributed by atoms with Crippen molar-refractivity contribution in [3.8, 4) is 11.1 Å². The number of amides is 2. The minimum atomic E-state index is -1.22. The Hall–Kier alpha value is -3.39. The molecule has 1 unspecified atom stereocenters. The Morgan fingerprint density at radius 2 is 1.62 bits per heavy atom. The zero-order valence-corrected chi connectivity index (χ0v) is 19.2. The van der Waals surface area contributed by atoms with Gasteiger partial charge in [0.05, 0.1) is 13.2 Å². The van der Waals surface area contributed by atoms with E-state index in [1.54, 1.807) is 6.92 Å². The Kier molecular flexibility index (Phi) is 7.17. The molecule has 34 heavy (non-hydrogen) atoms. The summed E-state index contributed by atoms with van der Waals surface area (Å²) < 4.78 is 10.9. The highest BCUT2D eigenvalue weighted by Crippen LogP contribution is 2.44. The van der Waals surface area contributed by atoms with Gasteiger partial charge in [0.1, 0.15) is 12.1 Å². The van der Waals surface area contributed by atoms with E-state index in [0.717, 1.165) is 24.0 Å². The molecule has 0 spiro atoms. The van der Waals surface area contributed by atoms with Crippen molar-refractivity contribution in [1.29, 1.82) is 0 Å². The van der Waals surface area contributed by atoms with Gasteiger partial charge in [-0.3, -0.25) is 4.79 Å². The first-order chi connectivity index (χ1) is 16.4. The van der Waals surface area contributed by atoms with Gasteiger partial charge in [0.25, 0.3) is 0 Å². The lowest BCUT2D eigenvalue weighted by Crippen LogP contribution is -2.54. The predicted molar refractivity (Wildman–Crippen MR) is 125 cm³/mol. The molecular formula is C26H30N2O6. The molecule has 0 saturated heterocycles. The highest BCUT2D eigenvalue weighted by atomic mass is 16.5. The molecule has 2 aliphatic carbocycles. The smallest absolute Gasteiger partial charge is 0.407 e. The number of carbonyl (C=O) groups excluding carboxylic acids is 2. The number of hydrogen-bond donors (Lipinski definition) is 3. The number of fused-ring (bicyclic) bond motifs is 3. The Labute approximate surface area is 198 Å². The molecule has 0 radical (unpaired) electrons. The number of carbonyl (C=O) groups is 3. The molecule has 2 aromatic carbocycles. The van der Waals surface area contributed by atoms with Crippen LogP contribution in [0.15, 0.2) is 48.5 Å². The van der Waals surface area contributed by atoms with Gasteiger partial charge < -0.3 is 25.2 Å². The normalized spacial score (nSPS) is 16.1. The summed E-state index contributed by atoms with van der Waals surface area (Å²) in [7, 11) is 0. The highest BCUT2D eigenvalue weighted by molar-refractivity contribution is 5.87. The molecule has 0 aromatic heterocycles. The summed E-state index contributed by atoms with van der Waals surface area (Å²) in [5.41, 5.74) is 3.43. The molecule has 180 valence electrons. The van der Waals surface area contributed by atoms with Gasteiger partial charge in [-0.25, -0.2) is 9.59 Å². The molecule has 3 N–H and O–H groups in total. The van der Waals surface area contributed by atoms with Crippen molar-refractivity contribution in [3.05, 3.63) is 59.7 Å². The number of carboxylic acid groups (broad SMARTS) is 1. The van der Waals surface area contributed by atoms with Crippen molar-refractivity contribution in [1.82, 2.24) is 10.6 Å². The first-order valence-corrected chi connectivity index (χ1v) is 11.6. The monoisotopic (exact) mass is 466 g/mol. The Balaban J connectivity index is 1.14. The fourth-order valence-electron chi connectivity index (χ4n) is 4.48. The summed E-state index contributed by atoms with van der Waals surface area (Å²) >= 11 is 0. The lowest BCUT2D eigenvalue weighted by Gasteiger charge is -2.26. The number of ether oxygens (including phenoxy) is 2. The van der Waals surface area contributed by atoms with Crippen LogP contribution in [0.5, 0.6) is 0 Å². The van der Waals surface area contributed by atoms with Crippen molar-refractivity contribution >= 4 is 18.0 Å². The maximum absolute atomic E-state index is 12.1. The average molecular weight is 467 g/mol. The van der Waals surface area contributed by atoms with Gasteiger partial charge >= 0.3 is 12.1 Å². The van der Waals surface area contributed by atoms with Gasteiger partial charge in [-0.05, 0) is 47.9 Å². The second-order valence-corrected chi connectivity index (χ2v) is 8.94. The number of benzene rings is 2. The lowest BCUT2D eigenvalue weighted by molar-refractivity contribution is -0.148. The molecule has 1 fully saturated rings. The van der Waals surface area contributed by atoms with E-state index < -0.39 is 17.6 Å². The van der Waals surface area contributed by atoms with Gasteiger partial charge in [0.2, 0.25) is 5.91 Å². The minimum Gasteiger partial charge on any atom is -0.480 e. The molecule has 0 heterocycles. The van der Waals surface area contributed by atoms with Crippen molar-refractivity contribution in [2.24, 2.45) is 5.92 Å². The Morgan fingerprint density at radius 3 is 2.21 bits per heavy atom. The molecule has 2 amide bonds. The van der Waals surface area contributed by atoms with Crippen molar-refractivity contribution in [3.63, 3.8) is 0 Å². The third-order valence-electron chi connectivity index (χ3n) is 6.57. The molecule has 8 heteroatoms. The molecule has 2 aliphatic rings. The number of nitrogens with one attached hydrogen (secondary N) is 2. The second kappa shape index (κ2) is 10.3. The lowest BCUT2D eigenvalue weighted by atomic mass is 9.96. The van der Waals surface area contributed by atoms with Crippen LogP contribution in [0.2, 0.25) is 0 Å². The number of alkyl carbamates (subject to hydrolysis) is 1. The van der Waals surface area contributed by atoms with E-state index in [9.17, 15) is 19.5 Å². The molecule has 2 aromatic rings. The SMILES string of the molecule is CC(NC(=O)CCOCCNC(=O)OCC1c2ccccc2-c2ccccc21)(C(=O)O)C1CC1. The maximum Gasteiger partial charge on any atom is 0.407 e. The van der Waals surface area contributed by atoms with E-state index in [2.05, 4.69) is 34.9 Å². The largest absolute Gasteiger partial charge is 0.480 e. The third kappa shape index (κ3) is 5.22. The van der Waals surface area contributed by atoms with Crippen molar-refractivity contribution in [2.45, 2.75) is 37.6 Å². The second-order valence-electron chi connectivity index (χ2n) is 8.94. The van der Waals surface area contributed by atoms with E-state index in [1.165, 1.54) is 11.1 Å². The molecule has 1 saturated carbocycles. The topological polar surface area (TPSA) is 114 Å². The van der Waals surface area contributed by atoms with Crippen LogP contribution in [0.1, 0.15) is 43.2 Å². The van der Waals surface area contributed by atoms with Crippen LogP contribution in [0.4, 0.5) is 4.79 Å². The number of rotatable bonds is 11. The van der Waals surface area contributed by atoms with Crippen molar-refractivity contribution < 1.29 is 29.0 Å². The standard InChI is InChI=1S/C26H30N2O6/c1-26(24(30)31,17-10-11-17)28-23(29)12-14-33-15-13-27-25(32)34-16-22-20-8-4-2-6-18(20)19-7-3-5-9-21(19)22/h2-9,17,22H,10-16H2,1H3,(H,27,32)(H,28,29)(H,30,31). The summed E-state index contributed by atoms with van der Waals surface area (Å²) in [5, 5.41) is 14.7. The summed E-state index contributed by atoms with van der Waals surface area (Å²) in [5.74, 6) is -1.39. The van der Waals surface area contributed by atoms with Gasteiger partial charge in [-0.1, -0.05) is 48.5 Å². The molecule has 1 atom stereocenters. The van der Waals surface area contributed by atoms with Crippen LogP contribution >= 0.6 is 0 Å². The average Bonchev–Trinajstić information content (AvgIpc) is 3.64. The zero-order chi connectivity index (χ0) is 24.1. The van der Waals surface area contributed by atoms with Gasteiger partial charge in [0.15, 0.2) is 0 Å². The summed E-state index contributed by atoms with van der Waals surface area (Å²) in [6, 6.07) is 16.3. The summed E-state index contributed by atoms with van der Waals surface area (Å²) in [6.45, 7) is 2.39. The Morgan fingerprint density at radius 1 is 1.00 bits per heavy atom. The molecule has 8 nitrogen and oxygen atoms in total. The van der Waals surface area contributed by atoms with Gasteiger partial charge in [-0.2, -0.15) is 0 Å². The maximum atomic E-state index is 12.1. The number of aliphatic carboxylic acids is 1. The number of hydrogen-bond acceptors (Lipinski definition) is 5. The van der Waals surface area contributed by atoms with Crippen LogP contribution < -0.4 is 10.6 Å². The molecular weight excluding hydrogens is 436 g/mol. The van der Waals surface area contributed by atoms with E-state index in [1.807, 2.05) is 24.3 Å². The van der Waals surface area contributed by atoms with Crippen molar-refractivity contribution in [2.75, 3.05) is 26.4 Å². The zero-order valence-electron chi connectivity index (χ0n) is 19.2. The summed E-state index contributed by atoms with van der Waals surface area (Å²) in [6.07, 6.45) is 1.15. The third-order valence-corrected chi connectivity index (χ3v) is 6.57. The molecule has 0 aliphatic heterocycles. The fraction of sp³-hybridized carbons (Fsp3) is 0.423. The molecule has 4 rings (SSSR count). The van der Waals surface area contributed by atoms with Crippen LogP contribution in [-0.2, 0) is 19.1 Å². The first-order valence-electron chi connectivity index (χ1n) is 11.6. The van der Waals surface area contributed by atoms with Crippen LogP contribution in [0.3, 0.4) is 0 Å². The quantitative estimate of drug-likeness (QED) is 0.438. The minimum absolute atomic E-state index is 0.0000361. The van der Waals surface area contributed by atoms with E-state index >= 15 is 0 Å². The van der Waals surface area contributed by atoms with Gasteiger partial charge in [-0.15, -0.1) is 0 Å². The van der Waals surface area contributed by atoms with Gasteiger partial charge in [0, 0.05) is 18.9 Å². The van der Waals surface area contributed by atoms with Crippen LogP contribution in [0, 0.1) is 5.92 Å². The van der Waals surface area contributed by atoms with E-state index in [-0.39, 0.29) is 50.5 Å². The van der Waals surface area contributed by atoms with Crippen LogP contribution in [-0.4, -0.2) is 55.0 Å². The highest BCUT2D eigenvalue weighted by Gasteiger charge is 2.48. The predicted octanol–water partition coefficient (Wildman–Crippen LogP) is 3.30. The number of carboxylic acids is 1. The molecule has 0 bridgehead atoms. The van der Waals surface area contributed by atoms with E-state index in [0.29, 0.717) is 0 Å². The van der Waals surface area contributed by atoms with Crippen LogP contribution in [0.25, 0.3) is 11.1 Å². The fourth-order valence-corrected chi connectivity index (χ4v) is 4.48. The first kappa shape index (κ1) is 23.8. The van der Waals surface area contributed by atoms with E-state index in [4.69, 9.17) is 9.47 Å². The summed E-state index contributed by atoms with van der Waals surface area (Å²) in [4.78, 5) is 35.7.